The van der Waals surface area contributed by atoms with E-state index in [1.165, 1.54) is 6.26 Å². The number of esters is 1. The van der Waals surface area contributed by atoms with E-state index < -0.39 is 5.97 Å². The highest BCUT2D eigenvalue weighted by atomic mass is 16.5. The van der Waals surface area contributed by atoms with Crippen LogP contribution < -0.4 is 0 Å². The molecule has 0 unspecified atom stereocenters. The molecule has 0 atom stereocenters. The first-order chi connectivity index (χ1) is 7.31. The van der Waals surface area contributed by atoms with Crippen LogP contribution in [0.4, 0.5) is 0 Å². The molecule has 0 amide bonds. The van der Waals surface area contributed by atoms with Crippen molar-refractivity contribution < 1.29 is 9.53 Å². The molecule has 0 aliphatic heterocycles. The number of ether oxygens (including phenoxy) is 1. The molecule has 1 heterocycles. The number of nitrogens with zero attached hydrogens (tertiary/aromatic N) is 2. The maximum atomic E-state index is 11.2. The lowest BCUT2D eigenvalue weighted by Crippen LogP contribution is -2.00. The van der Waals surface area contributed by atoms with E-state index in [-0.39, 0.29) is 0 Å². The topological polar surface area (TPSA) is 63.0 Å². The number of aromatic nitrogens is 1. The number of rotatable bonds is 1. The minimum absolute atomic E-state index is 0.344. The number of pyridine rings is 1. The van der Waals surface area contributed by atoms with Crippen LogP contribution >= 0.6 is 0 Å². The first-order valence-corrected chi connectivity index (χ1v) is 4.26. The van der Waals surface area contributed by atoms with E-state index in [4.69, 9.17) is 5.26 Å². The average molecular weight is 198 g/mol. The van der Waals surface area contributed by atoms with Crippen LogP contribution in [0.25, 0.3) is 10.9 Å². The van der Waals surface area contributed by atoms with Crippen molar-refractivity contribution >= 4 is 16.9 Å². The molecule has 4 heteroatoms. The molecule has 0 spiro atoms. The van der Waals surface area contributed by atoms with Crippen LogP contribution in [0.15, 0.2) is 36.5 Å². The molecule has 0 bridgehead atoms. The Morgan fingerprint density at radius 3 is 3.07 bits per heavy atom. The second kappa shape index (κ2) is 3.76. The SMILES string of the molecule is N#COC(=O)c1ccc2ncccc2c1. The van der Waals surface area contributed by atoms with Crippen molar-refractivity contribution in [3.8, 4) is 6.26 Å². The molecule has 1 aromatic heterocycles. The van der Waals surface area contributed by atoms with Crippen LogP contribution in [0.1, 0.15) is 10.4 Å². The Bertz CT molecular complexity index is 558. The number of hydrogen-bond acceptors (Lipinski definition) is 4. The molecule has 0 saturated carbocycles. The number of benzene rings is 1. The maximum Gasteiger partial charge on any atom is 0.353 e. The molecular weight excluding hydrogens is 192 g/mol. The summed E-state index contributed by atoms with van der Waals surface area (Å²) in [4.78, 5) is 15.3. The summed E-state index contributed by atoms with van der Waals surface area (Å²) in [5, 5.41) is 9.04. The lowest BCUT2D eigenvalue weighted by Gasteiger charge is -1.99. The van der Waals surface area contributed by atoms with E-state index in [0.717, 1.165) is 10.9 Å². The van der Waals surface area contributed by atoms with Crippen molar-refractivity contribution in [3.63, 3.8) is 0 Å². The molecule has 1 aromatic carbocycles. The Balaban J connectivity index is 2.48. The van der Waals surface area contributed by atoms with Gasteiger partial charge in [0, 0.05) is 11.6 Å². The van der Waals surface area contributed by atoms with Crippen LogP contribution in [-0.2, 0) is 4.74 Å². The number of fused-ring (bicyclic) bond motifs is 1. The Morgan fingerprint density at radius 2 is 2.27 bits per heavy atom. The molecular formula is C11H6N2O2. The van der Waals surface area contributed by atoms with Gasteiger partial charge in [0.05, 0.1) is 11.1 Å². The predicted octanol–water partition coefficient (Wildman–Crippen LogP) is 1.87. The zero-order valence-electron chi connectivity index (χ0n) is 7.68. The van der Waals surface area contributed by atoms with Crippen LogP contribution in [0.3, 0.4) is 0 Å². The van der Waals surface area contributed by atoms with Gasteiger partial charge >= 0.3 is 5.97 Å². The summed E-state index contributed by atoms with van der Waals surface area (Å²) < 4.78 is 4.22. The second-order valence-corrected chi connectivity index (χ2v) is 2.89. The number of carbonyl (C=O) groups excluding carboxylic acids is 1. The van der Waals surface area contributed by atoms with Gasteiger partial charge in [0.25, 0.3) is 6.26 Å². The lowest BCUT2D eigenvalue weighted by atomic mass is 10.1. The fraction of sp³-hybridized carbons (Fsp3) is 0. The highest BCUT2D eigenvalue weighted by molar-refractivity contribution is 5.94. The van der Waals surface area contributed by atoms with Gasteiger partial charge in [0.1, 0.15) is 0 Å². The van der Waals surface area contributed by atoms with Crippen LogP contribution in [0, 0.1) is 11.5 Å². The van der Waals surface area contributed by atoms with Crippen molar-refractivity contribution in [1.29, 1.82) is 5.26 Å². The minimum Gasteiger partial charge on any atom is -0.347 e. The van der Waals surface area contributed by atoms with E-state index in [9.17, 15) is 4.79 Å². The van der Waals surface area contributed by atoms with Gasteiger partial charge in [0.15, 0.2) is 0 Å². The van der Waals surface area contributed by atoms with E-state index in [2.05, 4.69) is 9.72 Å². The third-order valence-electron chi connectivity index (χ3n) is 1.98. The highest BCUT2D eigenvalue weighted by Gasteiger charge is 2.07. The molecule has 0 aliphatic rings. The van der Waals surface area contributed by atoms with E-state index in [1.807, 2.05) is 6.07 Å². The minimum atomic E-state index is -0.650. The Morgan fingerprint density at radius 1 is 1.40 bits per heavy atom. The van der Waals surface area contributed by atoms with E-state index >= 15 is 0 Å². The second-order valence-electron chi connectivity index (χ2n) is 2.89. The molecule has 0 fully saturated rings. The Kier molecular flexibility index (Phi) is 2.30. The summed E-state index contributed by atoms with van der Waals surface area (Å²) in [5.74, 6) is -0.650. The average Bonchev–Trinajstić information content (AvgIpc) is 2.29. The third kappa shape index (κ3) is 1.76. The zero-order chi connectivity index (χ0) is 10.7. The fourth-order valence-corrected chi connectivity index (χ4v) is 1.30. The maximum absolute atomic E-state index is 11.2. The molecule has 0 radical (unpaired) electrons. The van der Waals surface area contributed by atoms with Gasteiger partial charge in [-0.1, -0.05) is 6.07 Å². The number of nitriles is 1. The summed E-state index contributed by atoms with van der Waals surface area (Å²) >= 11 is 0. The first kappa shape index (κ1) is 9.16. The van der Waals surface area contributed by atoms with Gasteiger partial charge in [-0.15, -0.1) is 5.26 Å². The van der Waals surface area contributed by atoms with E-state index in [1.54, 1.807) is 30.5 Å². The van der Waals surface area contributed by atoms with Crippen molar-refractivity contribution in [2.45, 2.75) is 0 Å². The fourth-order valence-electron chi connectivity index (χ4n) is 1.30. The molecule has 4 nitrogen and oxygen atoms in total. The molecule has 0 saturated heterocycles. The summed E-state index contributed by atoms with van der Waals surface area (Å²) in [7, 11) is 0. The van der Waals surface area contributed by atoms with Crippen LogP contribution in [0.5, 0.6) is 0 Å². The smallest absolute Gasteiger partial charge is 0.347 e. The summed E-state index contributed by atoms with van der Waals surface area (Å²) in [6.07, 6.45) is 3.03. The standard InChI is InChI=1S/C11H6N2O2/c12-7-15-11(14)9-3-4-10-8(6-9)2-1-5-13-10/h1-6H. The molecule has 0 aliphatic carbocycles. The van der Waals surface area contributed by atoms with Crippen LogP contribution in [0.2, 0.25) is 0 Å². The largest absolute Gasteiger partial charge is 0.353 e. The summed E-state index contributed by atoms with van der Waals surface area (Å²) in [5.41, 5.74) is 1.14. The predicted molar refractivity (Wildman–Crippen MR) is 52.8 cm³/mol. The van der Waals surface area contributed by atoms with Crippen molar-refractivity contribution in [2.75, 3.05) is 0 Å². The molecule has 72 valence electrons. The zero-order valence-corrected chi connectivity index (χ0v) is 7.68. The normalized spacial score (nSPS) is 9.53. The van der Waals surface area contributed by atoms with Gasteiger partial charge in [-0.2, -0.15) is 0 Å². The van der Waals surface area contributed by atoms with Gasteiger partial charge in [-0.05, 0) is 24.3 Å². The monoisotopic (exact) mass is 198 g/mol. The molecule has 0 N–H and O–H groups in total. The van der Waals surface area contributed by atoms with Crippen molar-refractivity contribution in [2.24, 2.45) is 0 Å². The van der Waals surface area contributed by atoms with Gasteiger partial charge in [-0.25, -0.2) is 4.79 Å². The third-order valence-corrected chi connectivity index (χ3v) is 1.98. The molecule has 2 rings (SSSR count). The number of carbonyl (C=O) groups is 1. The highest BCUT2D eigenvalue weighted by Crippen LogP contribution is 2.13. The summed E-state index contributed by atoms with van der Waals surface area (Å²) in [6, 6.07) is 8.55. The first-order valence-electron chi connectivity index (χ1n) is 4.26. The van der Waals surface area contributed by atoms with E-state index in [0.29, 0.717) is 5.56 Å². The van der Waals surface area contributed by atoms with Gasteiger partial charge < -0.3 is 4.74 Å². The van der Waals surface area contributed by atoms with Crippen molar-refractivity contribution in [3.05, 3.63) is 42.1 Å². The van der Waals surface area contributed by atoms with Crippen molar-refractivity contribution in [1.82, 2.24) is 4.98 Å². The molecule has 2 aromatic rings. The Hall–Kier alpha value is -2.41. The Labute approximate surface area is 85.7 Å². The summed E-state index contributed by atoms with van der Waals surface area (Å²) in [6.45, 7) is 0. The van der Waals surface area contributed by atoms with Crippen LogP contribution in [-0.4, -0.2) is 11.0 Å². The van der Waals surface area contributed by atoms with Gasteiger partial charge in [0.2, 0.25) is 0 Å². The molecule has 15 heavy (non-hydrogen) atoms. The quantitative estimate of drug-likeness (QED) is 0.518. The lowest BCUT2D eigenvalue weighted by molar-refractivity contribution is 0.0685. The van der Waals surface area contributed by atoms with Gasteiger partial charge in [-0.3, -0.25) is 4.98 Å². The number of hydrogen-bond donors (Lipinski definition) is 0.